The molecule has 6 heteroatoms. The van der Waals surface area contributed by atoms with Gasteiger partial charge >= 0.3 is 0 Å². The van der Waals surface area contributed by atoms with Crippen LogP contribution >= 0.6 is 0 Å². The number of H-pyrrole nitrogens is 1. The van der Waals surface area contributed by atoms with Crippen molar-refractivity contribution < 1.29 is 8.42 Å². The Morgan fingerprint density at radius 2 is 2.14 bits per heavy atom. The molecule has 0 radical (unpaired) electrons. The summed E-state index contributed by atoms with van der Waals surface area (Å²) in [7, 11) is -3.27. The Morgan fingerprint density at radius 1 is 1.50 bits per heavy atom. The van der Waals surface area contributed by atoms with Gasteiger partial charge in [-0.25, -0.2) is 8.42 Å². The van der Waals surface area contributed by atoms with Crippen LogP contribution in [0.25, 0.3) is 0 Å². The third-order valence-corrected chi connectivity index (χ3v) is 3.19. The summed E-state index contributed by atoms with van der Waals surface area (Å²) in [6, 6.07) is 0. The zero-order valence-electron chi connectivity index (χ0n) is 8.53. The minimum absolute atomic E-state index is 0.0885. The van der Waals surface area contributed by atoms with Gasteiger partial charge < -0.3 is 0 Å². The summed E-state index contributed by atoms with van der Waals surface area (Å²) < 4.78 is 25.6. The molecule has 2 N–H and O–H groups in total. The standard InChI is InChI=1S/C8H15N3O2S/c1-8(2,3)6-14(12,13)11-7-4-9-10-5-7/h4-5,11H,6H2,1-3H3,(H,9,10). The molecule has 0 amide bonds. The predicted molar refractivity (Wildman–Crippen MR) is 55.5 cm³/mol. The van der Waals surface area contributed by atoms with Crippen molar-refractivity contribution in [3.8, 4) is 0 Å². The van der Waals surface area contributed by atoms with Crippen molar-refractivity contribution >= 4 is 15.7 Å². The Labute approximate surface area is 84.0 Å². The van der Waals surface area contributed by atoms with Crippen molar-refractivity contribution in [2.45, 2.75) is 20.8 Å². The van der Waals surface area contributed by atoms with Gasteiger partial charge in [-0.15, -0.1) is 0 Å². The largest absolute Gasteiger partial charge is 0.284 e. The Kier molecular flexibility index (Phi) is 2.84. The first-order chi connectivity index (χ1) is 6.29. The van der Waals surface area contributed by atoms with Crippen LogP contribution in [0, 0.1) is 5.41 Å². The number of aromatic nitrogens is 2. The summed E-state index contributed by atoms with van der Waals surface area (Å²) in [4.78, 5) is 0. The summed E-state index contributed by atoms with van der Waals surface area (Å²) >= 11 is 0. The smallest absolute Gasteiger partial charge is 0.233 e. The van der Waals surface area contributed by atoms with E-state index < -0.39 is 10.0 Å². The second kappa shape index (κ2) is 3.61. The highest BCUT2D eigenvalue weighted by atomic mass is 32.2. The fourth-order valence-electron chi connectivity index (χ4n) is 1.09. The number of anilines is 1. The van der Waals surface area contributed by atoms with Crippen LogP contribution in [-0.4, -0.2) is 24.4 Å². The van der Waals surface area contributed by atoms with Crippen LogP contribution < -0.4 is 4.72 Å². The third kappa shape index (κ3) is 3.78. The van der Waals surface area contributed by atoms with Gasteiger partial charge in [0.25, 0.3) is 0 Å². The lowest BCUT2D eigenvalue weighted by atomic mass is 10.0. The molecule has 80 valence electrons. The topological polar surface area (TPSA) is 74.8 Å². The van der Waals surface area contributed by atoms with E-state index in [0.29, 0.717) is 5.69 Å². The average Bonchev–Trinajstić information content (AvgIpc) is 2.31. The number of nitrogens with zero attached hydrogens (tertiary/aromatic N) is 1. The first-order valence-electron chi connectivity index (χ1n) is 4.28. The van der Waals surface area contributed by atoms with Crippen LogP contribution in [-0.2, 0) is 10.0 Å². The van der Waals surface area contributed by atoms with Gasteiger partial charge in [0.05, 0.1) is 17.6 Å². The Morgan fingerprint density at radius 3 is 2.57 bits per heavy atom. The van der Waals surface area contributed by atoms with Crippen LogP contribution in [0.5, 0.6) is 0 Å². The first-order valence-corrected chi connectivity index (χ1v) is 5.93. The number of hydrogen-bond acceptors (Lipinski definition) is 3. The summed E-state index contributed by atoms with van der Waals surface area (Å²) in [5.74, 6) is 0.0885. The van der Waals surface area contributed by atoms with E-state index in [1.165, 1.54) is 12.4 Å². The van der Waals surface area contributed by atoms with E-state index in [0.717, 1.165) is 0 Å². The van der Waals surface area contributed by atoms with Crippen LogP contribution in [0.1, 0.15) is 20.8 Å². The van der Waals surface area contributed by atoms with Gasteiger partial charge in [0.1, 0.15) is 0 Å². The molecule has 1 rings (SSSR count). The number of rotatable bonds is 3. The quantitative estimate of drug-likeness (QED) is 0.798. The van der Waals surface area contributed by atoms with Gasteiger partial charge in [-0.2, -0.15) is 5.10 Å². The van der Waals surface area contributed by atoms with Gasteiger partial charge in [-0.1, -0.05) is 20.8 Å². The van der Waals surface area contributed by atoms with E-state index >= 15 is 0 Å². The van der Waals surface area contributed by atoms with Crippen molar-refractivity contribution in [3.63, 3.8) is 0 Å². The van der Waals surface area contributed by atoms with Crippen molar-refractivity contribution in [2.75, 3.05) is 10.5 Å². The van der Waals surface area contributed by atoms with E-state index in [1.54, 1.807) is 0 Å². The van der Waals surface area contributed by atoms with E-state index in [-0.39, 0.29) is 11.2 Å². The average molecular weight is 217 g/mol. The number of sulfonamides is 1. The minimum Gasteiger partial charge on any atom is -0.284 e. The highest BCUT2D eigenvalue weighted by Gasteiger charge is 2.21. The third-order valence-electron chi connectivity index (χ3n) is 1.39. The van der Waals surface area contributed by atoms with Gasteiger partial charge in [-0.05, 0) is 5.41 Å². The second-order valence-corrected chi connectivity index (χ2v) is 6.13. The maximum Gasteiger partial charge on any atom is 0.233 e. The van der Waals surface area contributed by atoms with Crippen LogP contribution in [0.3, 0.4) is 0 Å². The molecule has 1 aromatic heterocycles. The van der Waals surface area contributed by atoms with Crippen LogP contribution in [0.2, 0.25) is 0 Å². The molecule has 1 aromatic rings. The highest BCUT2D eigenvalue weighted by Crippen LogP contribution is 2.17. The first kappa shape index (κ1) is 11.0. The maximum atomic E-state index is 11.6. The molecule has 0 unspecified atom stereocenters. The van der Waals surface area contributed by atoms with E-state index in [9.17, 15) is 8.42 Å². The lowest BCUT2D eigenvalue weighted by molar-refractivity contribution is 0.463. The van der Waals surface area contributed by atoms with Crippen LogP contribution in [0.15, 0.2) is 12.4 Å². The molecule has 0 aliphatic rings. The van der Waals surface area contributed by atoms with E-state index in [4.69, 9.17) is 0 Å². The Bertz CT molecular complexity index is 375. The predicted octanol–water partition coefficient (Wildman–Crippen LogP) is 1.20. The van der Waals surface area contributed by atoms with Crippen molar-refractivity contribution in [2.24, 2.45) is 5.41 Å². The number of hydrogen-bond donors (Lipinski definition) is 2. The summed E-state index contributed by atoms with van der Waals surface area (Å²) in [5, 5.41) is 6.19. The van der Waals surface area contributed by atoms with Crippen molar-refractivity contribution in [1.82, 2.24) is 10.2 Å². The van der Waals surface area contributed by atoms with Gasteiger partial charge in [-0.3, -0.25) is 9.82 Å². The monoisotopic (exact) mass is 217 g/mol. The zero-order valence-corrected chi connectivity index (χ0v) is 9.35. The van der Waals surface area contributed by atoms with Crippen LogP contribution in [0.4, 0.5) is 5.69 Å². The molecule has 0 aliphatic heterocycles. The molecule has 0 fully saturated rings. The minimum atomic E-state index is -3.27. The fraction of sp³-hybridized carbons (Fsp3) is 0.625. The zero-order chi connectivity index (χ0) is 10.8. The maximum absolute atomic E-state index is 11.6. The fourth-order valence-corrected chi connectivity index (χ4v) is 2.78. The number of aromatic amines is 1. The molecule has 0 aliphatic carbocycles. The molecule has 0 aromatic carbocycles. The van der Waals surface area contributed by atoms with Gasteiger partial charge in [0.15, 0.2) is 0 Å². The molecular weight excluding hydrogens is 202 g/mol. The summed E-state index contributed by atoms with van der Waals surface area (Å²) in [6.07, 6.45) is 2.93. The highest BCUT2D eigenvalue weighted by molar-refractivity contribution is 7.92. The summed E-state index contributed by atoms with van der Waals surface area (Å²) in [6.45, 7) is 5.63. The molecule has 5 nitrogen and oxygen atoms in total. The van der Waals surface area contributed by atoms with E-state index in [2.05, 4.69) is 14.9 Å². The molecule has 0 saturated carbocycles. The Hall–Kier alpha value is -1.04. The SMILES string of the molecule is CC(C)(C)CS(=O)(=O)Nc1cn[nH]c1. The molecule has 0 spiro atoms. The lowest BCUT2D eigenvalue weighted by Crippen LogP contribution is -2.26. The molecule has 1 heterocycles. The lowest BCUT2D eigenvalue weighted by Gasteiger charge is -2.18. The normalized spacial score (nSPS) is 12.8. The number of nitrogens with one attached hydrogen (secondary N) is 2. The molecule has 0 atom stereocenters. The van der Waals surface area contributed by atoms with Crippen molar-refractivity contribution in [1.29, 1.82) is 0 Å². The molecular formula is C8H15N3O2S. The second-order valence-electron chi connectivity index (χ2n) is 4.41. The summed E-state index contributed by atoms with van der Waals surface area (Å²) in [5.41, 5.74) is 0.213. The van der Waals surface area contributed by atoms with Gasteiger partial charge in [0, 0.05) is 6.20 Å². The molecule has 0 bridgehead atoms. The molecule has 14 heavy (non-hydrogen) atoms. The van der Waals surface area contributed by atoms with Crippen molar-refractivity contribution in [3.05, 3.63) is 12.4 Å². The Balaban J connectivity index is 2.69. The van der Waals surface area contributed by atoms with E-state index in [1.807, 2.05) is 20.8 Å². The van der Waals surface area contributed by atoms with Gasteiger partial charge in [0.2, 0.25) is 10.0 Å². The molecule has 0 saturated heterocycles.